The summed E-state index contributed by atoms with van der Waals surface area (Å²) in [4.78, 5) is 67.1. The van der Waals surface area contributed by atoms with Gasteiger partial charge in [-0.2, -0.15) is 0 Å². The molecule has 2 heterocycles. The highest BCUT2D eigenvalue weighted by Crippen LogP contribution is 2.22. The number of nitrogens with zero attached hydrogens (tertiary/aromatic N) is 1. The molecule has 1 saturated heterocycles. The van der Waals surface area contributed by atoms with Crippen molar-refractivity contribution in [2.45, 2.75) is 70.1 Å². The van der Waals surface area contributed by atoms with Crippen LogP contribution in [0.25, 0.3) is 10.9 Å². The predicted molar refractivity (Wildman–Crippen MR) is 139 cm³/mol. The summed E-state index contributed by atoms with van der Waals surface area (Å²) >= 11 is 0. The fourth-order valence-electron chi connectivity index (χ4n) is 4.76. The van der Waals surface area contributed by atoms with Crippen LogP contribution in [0.1, 0.15) is 45.1 Å². The number of benzene rings is 1. The molecule has 5 unspecified atom stereocenters. The number of nitrogens with two attached hydrogens (primary N) is 2. The smallest absolute Gasteiger partial charge is 0.326 e. The van der Waals surface area contributed by atoms with Crippen LogP contribution in [0.3, 0.4) is 0 Å². The van der Waals surface area contributed by atoms with Gasteiger partial charge in [0.05, 0.1) is 12.5 Å². The predicted octanol–water partition coefficient (Wildman–Crippen LogP) is 0.00440. The second-order valence-electron chi connectivity index (χ2n) is 9.80. The van der Waals surface area contributed by atoms with Crippen LogP contribution in [0.2, 0.25) is 0 Å². The molecule has 12 nitrogen and oxygen atoms in total. The number of rotatable bonds is 12. The molecule has 206 valence electrons. The summed E-state index contributed by atoms with van der Waals surface area (Å²) in [6.07, 6.45) is 2.96. The number of carboxylic acids is 1. The van der Waals surface area contributed by atoms with Crippen molar-refractivity contribution in [3.8, 4) is 0 Å². The van der Waals surface area contributed by atoms with Gasteiger partial charge in [0.2, 0.25) is 23.6 Å². The normalized spacial score (nSPS) is 18.4. The van der Waals surface area contributed by atoms with Crippen molar-refractivity contribution in [2.24, 2.45) is 17.4 Å². The van der Waals surface area contributed by atoms with Crippen molar-refractivity contribution in [1.29, 1.82) is 0 Å². The molecule has 1 aliphatic rings. The third-order valence-corrected chi connectivity index (χ3v) is 7.09. The van der Waals surface area contributed by atoms with Gasteiger partial charge in [0.15, 0.2) is 0 Å². The summed E-state index contributed by atoms with van der Waals surface area (Å²) in [5, 5.41) is 15.3. The minimum Gasteiger partial charge on any atom is -0.480 e. The first-order chi connectivity index (χ1) is 18.0. The van der Waals surface area contributed by atoms with Crippen molar-refractivity contribution in [1.82, 2.24) is 20.5 Å². The molecule has 3 rings (SSSR count). The number of aliphatic carboxylic acids is 1. The molecule has 4 amide bonds. The first kappa shape index (κ1) is 28.6. The van der Waals surface area contributed by atoms with E-state index in [0.717, 1.165) is 16.5 Å². The van der Waals surface area contributed by atoms with Gasteiger partial charge in [-0.15, -0.1) is 0 Å². The molecule has 12 heteroatoms. The summed E-state index contributed by atoms with van der Waals surface area (Å²) in [6, 6.07) is 3.30. The van der Waals surface area contributed by atoms with Crippen LogP contribution in [0.4, 0.5) is 0 Å². The van der Waals surface area contributed by atoms with Gasteiger partial charge in [0.1, 0.15) is 18.1 Å². The van der Waals surface area contributed by atoms with Gasteiger partial charge in [-0.3, -0.25) is 19.2 Å². The average Bonchev–Trinajstić information content (AvgIpc) is 3.53. The van der Waals surface area contributed by atoms with Crippen LogP contribution in [-0.4, -0.2) is 75.3 Å². The maximum Gasteiger partial charge on any atom is 0.326 e. The number of likely N-dealkylation sites (tertiary alicyclic amines) is 1. The number of aromatic nitrogens is 1. The molecule has 8 N–H and O–H groups in total. The molecule has 0 bridgehead atoms. The lowest BCUT2D eigenvalue weighted by Crippen LogP contribution is -2.58. The van der Waals surface area contributed by atoms with Gasteiger partial charge < -0.3 is 37.1 Å². The van der Waals surface area contributed by atoms with E-state index in [9.17, 15) is 29.1 Å². The van der Waals surface area contributed by atoms with Crippen LogP contribution in [0.15, 0.2) is 30.5 Å². The Kier molecular flexibility index (Phi) is 9.45. The molecule has 1 aromatic carbocycles. The number of primary amides is 1. The molecule has 1 fully saturated rings. The van der Waals surface area contributed by atoms with Gasteiger partial charge in [-0.25, -0.2) is 4.79 Å². The summed E-state index contributed by atoms with van der Waals surface area (Å²) in [7, 11) is 0. The Bertz CT molecular complexity index is 1200. The summed E-state index contributed by atoms with van der Waals surface area (Å²) in [6.45, 7) is 3.77. The Morgan fingerprint density at radius 1 is 1.18 bits per heavy atom. The Labute approximate surface area is 220 Å². The molecule has 0 spiro atoms. The van der Waals surface area contributed by atoms with E-state index in [4.69, 9.17) is 11.5 Å². The largest absolute Gasteiger partial charge is 0.480 e. The third-order valence-electron chi connectivity index (χ3n) is 7.09. The third kappa shape index (κ3) is 6.68. The highest BCUT2D eigenvalue weighted by atomic mass is 16.4. The fourth-order valence-corrected chi connectivity index (χ4v) is 4.76. The van der Waals surface area contributed by atoms with Gasteiger partial charge in [0, 0.05) is 23.6 Å². The quantitative estimate of drug-likeness (QED) is 0.222. The number of hydrogen-bond acceptors (Lipinski definition) is 6. The standard InChI is InChI=1S/C26H36N6O6/c1-3-14(2)22(26(37)38)31-23(34)19(12-21(28)33)30-24(35)20-9-6-10-32(20)25(36)17(27)11-15-13-29-18-8-5-4-7-16(15)18/h4-5,7-8,13-14,17,19-20,22,29H,3,6,9-12,27H2,1-2H3,(H2,28,33)(H,30,35)(H,31,34)(H,37,38). The lowest BCUT2D eigenvalue weighted by molar-refractivity contribution is -0.144. The van der Waals surface area contributed by atoms with Gasteiger partial charge >= 0.3 is 5.97 Å². The number of amides is 4. The Morgan fingerprint density at radius 3 is 2.55 bits per heavy atom. The first-order valence-corrected chi connectivity index (χ1v) is 12.8. The zero-order chi connectivity index (χ0) is 28.0. The molecular formula is C26H36N6O6. The van der Waals surface area contributed by atoms with Crippen molar-refractivity contribution in [2.75, 3.05) is 6.54 Å². The lowest BCUT2D eigenvalue weighted by Gasteiger charge is -2.29. The van der Waals surface area contributed by atoms with Gasteiger partial charge in [-0.1, -0.05) is 38.5 Å². The maximum atomic E-state index is 13.2. The van der Waals surface area contributed by atoms with E-state index in [2.05, 4.69) is 15.6 Å². The highest BCUT2D eigenvalue weighted by Gasteiger charge is 2.38. The molecule has 1 aromatic heterocycles. The Balaban J connectivity index is 1.69. The lowest BCUT2D eigenvalue weighted by atomic mass is 9.98. The van der Waals surface area contributed by atoms with E-state index in [1.807, 2.05) is 30.5 Å². The highest BCUT2D eigenvalue weighted by molar-refractivity contribution is 5.96. The number of fused-ring (bicyclic) bond motifs is 1. The second-order valence-corrected chi connectivity index (χ2v) is 9.80. The molecule has 5 atom stereocenters. The van der Waals surface area contributed by atoms with Crippen LogP contribution in [0.5, 0.6) is 0 Å². The second kappa shape index (κ2) is 12.5. The number of carbonyl (C=O) groups is 5. The summed E-state index contributed by atoms with van der Waals surface area (Å²) in [5.74, 6) is -4.33. The van der Waals surface area contributed by atoms with E-state index in [0.29, 0.717) is 25.8 Å². The first-order valence-electron chi connectivity index (χ1n) is 12.8. The zero-order valence-electron chi connectivity index (χ0n) is 21.6. The molecule has 38 heavy (non-hydrogen) atoms. The maximum absolute atomic E-state index is 13.2. The van der Waals surface area contributed by atoms with Gasteiger partial charge in [-0.05, 0) is 36.8 Å². The fraction of sp³-hybridized carbons (Fsp3) is 0.500. The number of carbonyl (C=O) groups excluding carboxylic acids is 4. The van der Waals surface area contributed by atoms with Crippen LogP contribution in [0, 0.1) is 5.92 Å². The van der Waals surface area contributed by atoms with Crippen molar-refractivity contribution < 1.29 is 29.1 Å². The van der Waals surface area contributed by atoms with Crippen LogP contribution < -0.4 is 22.1 Å². The van der Waals surface area contributed by atoms with Gasteiger partial charge in [0.25, 0.3) is 0 Å². The van der Waals surface area contributed by atoms with E-state index in [-0.39, 0.29) is 12.3 Å². The molecule has 0 radical (unpaired) electrons. The van der Waals surface area contributed by atoms with Crippen molar-refractivity contribution >= 4 is 40.5 Å². The monoisotopic (exact) mass is 528 g/mol. The minimum absolute atomic E-state index is 0.270. The number of H-pyrrole nitrogens is 1. The Morgan fingerprint density at radius 2 is 1.89 bits per heavy atom. The van der Waals surface area contributed by atoms with E-state index in [1.54, 1.807) is 13.8 Å². The number of hydrogen-bond donors (Lipinski definition) is 6. The van der Waals surface area contributed by atoms with E-state index < -0.39 is 60.2 Å². The topological polar surface area (TPSA) is 201 Å². The van der Waals surface area contributed by atoms with E-state index in [1.165, 1.54) is 4.90 Å². The summed E-state index contributed by atoms with van der Waals surface area (Å²) < 4.78 is 0. The number of nitrogens with one attached hydrogen (secondary N) is 3. The van der Waals surface area contributed by atoms with Crippen LogP contribution >= 0.6 is 0 Å². The minimum atomic E-state index is -1.39. The Hall–Kier alpha value is -3.93. The number of aromatic amines is 1. The number of para-hydroxylation sites is 1. The zero-order valence-corrected chi connectivity index (χ0v) is 21.6. The van der Waals surface area contributed by atoms with Crippen molar-refractivity contribution in [3.05, 3.63) is 36.0 Å². The molecule has 1 aliphatic heterocycles. The molecule has 0 saturated carbocycles. The average molecular weight is 529 g/mol. The van der Waals surface area contributed by atoms with Crippen LogP contribution in [-0.2, 0) is 30.4 Å². The van der Waals surface area contributed by atoms with Crippen molar-refractivity contribution in [3.63, 3.8) is 0 Å². The molecular weight excluding hydrogens is 492 g/mol. The van der Waals surface area contributed by atoms with E-state index >= 15 is 0 Å². The number of carboxylic acid groups (broad SMARTS) is 1. The summed E-state index contributed by atoms with van der Waals surface area (Å²) in [5.41, 5.74) is 13.4. The molecule has 0 aliphatic carbocycles. The SMILES string of the molecule is CCC(C)C(NC(=O)C(CC(N)=O)NC(=O)C1CCCN1C(=O)C(N)Cc1c[nH]c2ccccc12)C(=O)O. The molecule has 2 aromatic rings.